The van der Waals surface area contributed by atoms with Gasteiger partial charge in [-0.3, -0.25) is 0 Å². The van der Waals surface area contributed by atoms with Gasteiger partial charge in [0.15, 0.2) is 0 Å². The molecule has 0 heteroatoms. The Labute approximate surface area is 286 Å². The summed E-state index contributed by atoms with van der Waals surface area (Å²) in [5.41, 5.74) is -2.35. The molecule has 9 aromatic carbocycles. The van der Waals surface area contributed by atoms with E-state index in [2.05, 4.69) is 0 Å². The van der Waals surface area contributed by atoms with Crippen LogP contribution in [0.25, 0.3) is 87.2 Å². The lowest BCUT2D eigenvalue weighted by molar-refractivity contribution is 1.66. The van der Waals surface area contributed by atoms with Crippen molar-refractivity contribution in [2.75, 3.05) is 0 Å². The highest BCUT2D eigenvalue weighted by atomic mass is 14.2. The van der Waals surface area contributed by atoms with E-state index in [0.29, 0.717) is 10.8 Å². The molecule has 0 N–H and O–H groups in total. The van der Waals surface area contributed by atoms with Crippen LogP contribution in [0.3, 0.4) is 0 Å². The smallest absolute Gasteiger partial charge is 0.0616 e. The topological polar surface area (TPSA) is 0 Å². The standard InChI is InChI=1S/C44H28/c1-3-13-32-26-35(22-20-29(32)10-1)43-39-17-7-8-18-40(39)44(36-23-21-30-11-2-4-14-33(30)27-36)42-28-34(24-25-41(42)43)38-19-9-15-31-12-5-6-16-37(31)38/h1-28H/i1D,2D,3D,4D,7D,8D,10D,11D,13D,14D,17D,18D,20D,21D,22D,23D,24D,25D,26D,27D,28D. The van der Waals surface area contributed by atoms with Crippen LogP contribution in [0, 0.1) is 0 Å². The van der Waals surface area contributed by atoms with Gasteiger partial charge in [-0.2, -0.15) is 0 Å². The summed E-state index contributed by atoms with van der Waals surface area (Å²) < 4.78 is 191. The largest absolute Gasteiger partial charge is 0.0636 e. The van der Waals surface area contributed by atoms with Crippen molar-refractivity contribution in [3.63, 3.8) is 0 Å². The first-order valence-electron chi connectivity index (χ1n) is 24.1. The zero-order chi connectivity index (χ0) is 47.3. The van der Waals surface area contributed by atoms with Crippen molar-refractivity contribution in [2.24, 2.45) is 0 Å². The Morgan fingerprint density at radius 2 is 0.841 bits per heavy atom. The molecule has 0 aliphatic carbocycles. The van der Waals surface area contributed by atoms with Crippen molar-refractivity contribution >= 4 is 53.9 Å². The van der Waals surface area contributed by atoms with Crippen LogP contribution in [0.2, 0.25) is 0 Å². The van der Waals surface area contributed by atoms with Gasteiger partial charge in [-0.25, -0.2) is 0 Å². The molecule has 0 saturated carbocycles. The summed E-state index contributed by atoms with van der Waals surface area (Å²) in [6, 6.07) is -4.63. The van der Waals surface area contributed by atoms with Gasteiger partial charge >= 0.3 is 0 Å². The molecule has 0 fully saturated rings. The van der Waals surface area contributed by atoms with Crippen LogP contribution in [-0.4, -0.2) is 0 Å². The minimum atomic E-state index is -0.886. The van der Waals surface area contributed by atoms with E-state index in [1.54, 1.807) is 42.5 Å². The fraction of sp³-hybridized carbons (Fsp3) is 0. The van der Waals surface area contributed by atoms with Gasteiger partial charge in [0.1, 0.15) is 0 Å². The second-order valence-corrected chi connectivity index (χ2v) is 10.0. The summed E-state index contributed by atoms with van der Waals surface area (Å²) in [7, 11) is 0. The third kappa shape index (κ3) is 3.92. The second-order valence-electron chi connectivity index (χ2n) is 10.0. The molecular formula is C44H28. The summed E-state index contributed by atoms with van der Waals surface area (Å²) in [4.78, 5) is 0. The van der Waals surface area contributed by atoms with Crippen LogP contribution < -0.4 is 0 Å². The van der Waals surface area contributed by atoms with Crippen LogP contribution in [0.4, 0.5) is 0 Å². The molecule has 0 heterocycles. The summed E-state index contributed by atoms with van der Waals surface area (Å²) in [6.45, 7) is 0. The molecule has 9 aromatic rings. The van der Waals surface area contributed by atoms with Crippen LogP contribution >= 0.6 is 0 Å². The van der Waals surface area contributed by atoms with Gasteiger partial charge in [0.2, 0.25) is 0 Å². The minimum absolute atomic E-state index is 0.204. The third-order valence-corrected chi connectivity index (χ3v) is 7.56. The van der Waals surface area contributed by atoms with E-state index in [0.717, 1.165) is 0 Å². The normalized spacial score (nSPS) is 18.3. The van der Waals surface area contributed by atoms with Gasteiger partial charge < -0.3 is 0 Å². The summed E-state index contributed by atoms with van der Waals surface area (Å²) >= 11 is 0. The highest BCUT2D eigenvalue weighted by Gasteiger charge is 2.18. The Kier molecular flexibility index (Phi) is 2.65. The Hall–Kier alpha value is -5.72. The zero-order valence-electron chi connectivity index (χ0n) is 43.5. The van der Waals surface area contributed by atoms with Crippen molar-refractivity contribution in [1.29, 1.82) is 0 Å². The summed E-state index contributed by atoms with van der Waals surface area (Å²) in [5.74, 6) is 0. The average Bonchev–Trinajstić information content (AvgIpc) is 3.28. The lowest BCUT2D eigenvalue weighted by Gasteiger charge is -2.19. The first kappa shape index (κ1) is 11.8. The second kappa shape index (κ2) is 9.93. The van der Waals surface area contributed by atoms with Crippen LogP contribution in [-0.2, 0) is 0 Å². The maximum Gasteiger partial charge on any atom is 0.0636 e. The number of hydrogen-bond donors (Lipinski definition) is 0. The first-order chi connectivity index (χ1) is 30.6. The molecule has 0 aromatic heterocycles. The fourth-order valence-corrected chi connectivity index (χ4v) is 5.61. The van der Waals surface area contributed by atoms with Crippen molar-refractivity contribution in [2.45, 2.75) is 0 Å². The molecule has 0 aliphatic rings. The van der Waals surface area contributed by atoms with Crippen LogP contribution in [0.15, 0.2) is 169 Å². The van der Waals surface area contributed by atoms with Gasteiger partial charge in [0.25, 0.3) is 0 Å². The molecule has 0 amide bonds. The van der Waals surface area contributed by atoms with Crippen LogP contribution in [0.1, 0.15) is 28.8 Å². The van der Waals surface area contributed by atoms with E-state index in [-0.39, 0.29) is 11.1 Å². The molecule has 0 nitrogen and oxygen atoms in total. The van der Waals surface area contributed by atoms with Crippen molar-refractivity contribution in [3.05, 3.63) is 169 Å². The highest BCUT2D eigenvalue weighted by molar-refractivity contribution is 6.22. The molecule has 204 valence electrons. The maximum atomic E-state index is 10.1. The molecule has 0 radical (unpaired) electrons. The average molecular weight is 578 g/mol. The molecule has 0 atom stereocenters. The Balaban J connectivity index is 1.68. The highest BCUT2D eigenvalue weighted by Crippen LogP contribution is 2.46. The minimum Gasteiger partial charge on any atom is -0.0616 e. The molecule has 0 bridgehead atoms. The van der Waals surface area contributed by atoms with Gasteiger partial charge in [-0.1, -0.05) is 151 Å². The predicted molar refractivity (Wildman–Crippen MR) is 190 cm³/mol. The molecule has 9 rings (SSSR count). The first-order valence-corrected chi connectivity index (χ1v) is 13.6. The van der Waals surface area contributed by atoms with E-state index in [9.17, 15) is 12.3 Å². The van der Waals surface area contributed by atoms with E-state index < -0.39 is 192 Å². The number of rotatable bonds is 3. The molecule has 0 spiro atoms. The summed E-state index contributed by atoms with van der Waals surface area (Å²) in [6.07, 6.45) is 0. The van der Waals surface area contributed by atoms with Crippen molar-refractivity contribution in [1.82, 2.24) is 0 Å². The molecule has 0 aliphatic heterocycles. The zero-order valence-corrected chi connectivity index (χ0v) is 22.5. The number of hydrogen-bond acceptors (Lipinski definition) is 0. The van der Waals surface area contributed by atoms with Crippen LogP contribution in [0.5, 0.6) is 0 Å². The molecule has 44 heavy (non-hydrogen) atoms. The van der Waals surface area contributed by atoms with Gasteiger partial charge in [0, 0.05) is 0 Å². The number of benzene rings is 9. The van der Waals surface area contributed by atoms with Crippen molar-refractivity contribution in [3.8, 4) is 33.4 Å². The van der Waals surface area contributed by atoms with Gasteiger partial charge in [-0.15, -0.1) is 0 Å². The maximum absolute atomic E-state index is 10.1. The molecular weight excluding hydrogens is 528 g/mol. The quantitative estimate of drug-likeness (QED) is 0.183. The molecule has 0 saturated heterocycles. The Bertz CT molecular complexity index is 3720. The SMILES string of the molecule is [2H]c1c([2H])c([2H])c2c([2H])c(-c3c4c([2H])c([2H])c([2H])c([2H])c4c(-c4c([2H])c([2H])c5c([2H])c([2H])c([2H])c([2H])c5c4[2H])c4c([2H])c(-c5cccc6ccccc56)c([2H])c([2H])c34)c([2H])c([2H])c2c1[2H]. The van der Waals surface area contributed by atoms with E-state index in [1.165, 1.54) is 0 Å². The monoisotopic (exact) mass is 577 g/mol. The number of fused-ring (bicyclic) bond motifs is 5. The predicted octanol–water partition coefficient (Wildman–Crippen LogP) is 12.5. The fourth-order valence-electron chi connectivity index (χ4n) is 5.61. The van der Waals surface area contributed by atoms with E-state index in [4.69, 9.17) is 16.4 Å². The van der Waals surface area contributed by atoms with E-state index >= 15 is 0 Å². The lowest BCUT2D eigenvalue weighted by Crippen LogP contribution is -1.92. The van der Waals surface area contributed by atoms with Crippen molar-refractivity contribution < 1.29 is 28.8 Å². The molecule has 0 unspecified atom stereocenters. The Morgan fingerprint density at radius 3 is 1.52 bits per heavy atom. The van der Waals surface area contributed by atoms with Gasteiger partial charge in [-0.05, 0) is 105 Å². The lowest BCUT2D eigenvalue weighted by atomic mass is 9.84. The van der Waals surface area contributed by atoms with E-state index in [1.807, 2.05) is 0 Å². The summed E-state index contributed by atoms with van der Waals surface area (Å²) in [5, 5.41) is -3.10. The Morgan fingerprint density at radius 1 is 0.318 bits per heavy atom. The van der Waals surface area contributed by atoms with Gasteiger partial charge in [0.05, 0.1) is 28.8 Å². The third-order valence-electron chi connectivity index (χ3n) is 7.56.